The molecule has 1 amide bonds. The molecule has 3 aliphatic heterocycles. The number of ether oxygens (including phenoxy) is 4. The minimum atomic E-state index is -2.91. The van der Waals surface area contributed by atoms with Gasteiger partial charge >= 0.3 is 0 Å². The Hall–Kier alpha value is -1.72. The Balaban J connectivity index is 1.52. The monoisotopic (exact) mass is 640 g/mol. The highest BCUT2D eigenvalue weighted by molar-refractivity contribution is 5.86. The lowest BCUT2D eigenvalue weighted by Crippen LogP contribution is -2.70. The van der Waals surface area contributed by atoms with Gasteiger partial charge in [0.25, 0.3) is 12.3 Å². The molecule has 4 rings (SSSR count). The summed E-state index contributed by atoms with van der Waals surface area (Å²) in [4.78, 5) is 16.8. The summed E-state index contributed by atoms with van der Waals surface area (Å²) in [6, 6.07) is -3.41. The molecule has 4 aliphatic rings. The minimum Gasteiger partial charge on any atom is -0.388 e. The van der Waals surface area contributed by atoms with E-state index < -0.39 is 96.6 Å². The van der Waals surface area contributed by atoms with Crippen LogP contribution in [0, 0.1) is 0 Å². The van der Waals surface area contributed by atoms with Crippen molar-refractivity contribution in [1.82, 2.24) is 21.5 Å². The van der Waals surface area contributed by atoms with Crippen molar-refractivity contribution in [2.75, 3.05) is 33.3 Å². The number of nitrogens with zero attached hydrogens (tertiary/aromatic N) is 1. The minimum absolute atomic E-state index is 0.00827. The van der Waals surface area contributed by atoms with Gasteiger partial charge in [0, 0.05) is 19.1 Å². The highest BCUT2D eigenvalue weighted by atomic mass is 19.3. The third-order valence-corrected chi connectivity index (χ3v) is 8.57. The quantitative estimate of drug-likeness (QED) is 0.0786. The zero-order valence-electron chi connectivity index (χ0n) is 24.6. The third kappa shape index (κ3) is 7.80. The second-order valence-corrected chi connectivity index (χ2v) is 12.1. The predicted octanol–water partition coefficient (Wildman–Crippen LogP) is -5.32. The fourth-order valence-corrected chi connectivity index (χ4v) is 5.97. The molecular weight excluding hydrogens is 594 g/mol. The Morgan fingerprint density at radius 2 is 1.75 bits per heavy atom. The van der Waals surface area contributed by atoms with E-state index in [0.717, 1.165) is 0 Å². The molecule has 17 nitrogen and oxygen atoms in total. The molecule has 0 bridgehead atoms. The SMILES string of the molecule is CN[C@@H]1[C@@H](O)[C@@H](O[C@@H]2[C@@H](O)[C@H](O[C@H]3O[C@H](CN=C(N)C(F)F)CC[C@H]3N)[C@@H](N)C[C@H]2NC(=O)C2(O)CNNC2)OC[C@]1(C)O. The highest BCUT2D eigenvalue weighted by Crippen LogP contribution is 2.32. The summed E-state index contributed by atoms with van der Waals surface area (Å²) < 4.78 is 49.2. The van der Waals surface area contributed by atoms with Crippen LogP contribution in [0.5, 0.6) is 0 Å². The molecule has 3 heterocycles. The van der Waals surface area contributed by atoms with Gasteiger partial charge in [0.15, 0.2) is 24.0 Å². The Morgan fingerprint density at radius 3 is 2.39 bits per heavy atom. The van der Waals surface area contributed by atoms with E-state index in [1.54, 1.807) is 7.05 Å². The maximum absolute atomic E-state index is 13.1. The Morgan fingerprint density at radius 1 is 1.09 bits per heavy atom. The van der Waals surface area contributed by atoms with Crippen molar-refractivity contribution in [2.45, 2.75) is 111 Å². The van der Waals surface area contributed by atoms with Crippen molar-refractivity contribution >= 4 is 11.7 Å². The van der Waals surface area contributed by atoms with E-state index in [2.05, 4.69) is 26.5 Å². The van der Waals surface area contributed by atoms with Crippen LogP contribution >= 0.6 is 0 Å². The van der Waals surface area contributed by atoms with E-state index in [9.17, 15) is 34.0 Å². The number of likely N-dealkylation sites (N-methyl/N-ethyl adjacent to an activating group) is 1. The Bertz CT molecular complexity index is 1010. The number of hydrogen-bond donors (Lipinski definition) is 11. The zero-order chi connectivity index (χ0) is 32.4. The van der Waals surface area contributed by atoms with E-state index >= 15 is 0 Å². The molecule has 0 unspecified atom stereocenters. The first-order valence-corrected chi connectivity index (χ1v) is 14.6. The first-order valence-electron chi connectivity index (χ1n) is 14.6. The van der Waals surface area contributed by atoms with E-state index in [1.165, 1.54) is 6.92 Å². The number of aliphatic hydroxyl groups is 4. The van der Waals surface area contributed by atoms with Gasteiger partial charge in [-0.3, -0.25) is 20.6 Å². The topological polar surface area (TPSA) is 273 Å². The lowest BCUT2D eigenvalue weighted by molar-refractivity contribution is -0.307. The van der Waals surface area contributed by atoms with Gasteiger partial charge in [0.05, 0.1) is 37.4 Å². The molecule has 0 aromatic heterocycles. The number of aliphatic imine (C=N–C) groups is 1. The standard InChI is InChI=1S/C25H46F2N8O9/c1-24(39)9-41-22(15(37)18(24)31-2)44-17-13(35-23(38)25(40)7-33-34-8-25)5-12(29)16(14(17)36)43-21-11(28)4-3-10(42-21)6-32-20(30)19(26)27/h10-19,21-22,31,33-34,36-37,39-40H,3-9,28-29H2,1-2H3,(H2,30,32)(H,35,38)/t10-,11+,12-,13+,14-,15+,16+,17-,18+,21+,22+,24-/m0/s1. The summed E-state index contributed by atoms with van der Waals surface area (Å²) in [5.41, 5.74) is 20.0. The van der Waals surface area contributed by atoms with Crippen LogP contribution in [0.3, 0.4) is 0 Å². The molecule has 44 heavy (non-hydrogen) atoms. The molecule has 4 fully saturated rings. The average molecular weight is 641 g/mol. The molecule has 1 saturated carbocycles. The Labute approximate surface area is 253 Å². The predicted molar refractivity (Wildman–Crippen MR) is 149 cm³/mol. The first kappa shape index (κ1) is 35.1. The molecule has 3 saturated heterocycles. The lowest BCUT2D eigenvalue weighted by Gasteiger charge is -2.49. The number of rotatable bonds is 10. The summed E-state index contributed by atoms with van der Waals surface area (Å²) >= 11 is 0. The molecule has 19 heteroatoms. The molecule has 14 N–H and O–H groups in total. The lowest BCUT2D eigenvalue weighted by atomic mass is 9.83. The number of amides is 1. The number of β-amino-alcohol motifs (C(OH)–C–C–N with tert-alkyl or cyclic N) is 1. The van der Waals surface area contributed by atoms with Gasteiger partial charge in [0.2, 0.25) is 0 Å². The van der Waals surface area contributed by atoms with Crippen molar-refractivity contribution in [3.8, 4) is 0 Å². The highest BCUT2D eigenvalue weighted by Gasteiger charge is 2.53. The van der Waals surface area contributed by atoms with Crippen LogP contribution in [0.15, 0.2) is 4.99 Å². The van der Waals surface area contributed by atoms with Crippen LogP contribution in [0.4, 0.5) is 8.78 Å². The number of hydrazine groups is 1. The molecule has 0 spiro atoms. The number of hydrogen-bond acceptors (Lipinski definition) is 15. The maximum atomic E-state index is 13.1. The molecular formula is C25H46F2N8O9. The van der Waals surface area contributed by atoms with Gasteiger partial charge in [0.1, 0.15) is 30.0 Å². The van der Waals surface area contributed by atoms with Gasteiger partial charge in [-0.15, -0.1) is 0 Å². The van der Waals surface area contributed by atoms with Crippen molar-refractivity contribution in [3.63, 3.8) is 0 Å². The van der Waals surface area contributed by atoms with Gasteiger partial charge in [-0.05, 0) is 33.2 Å². The second-order valence-electron chi connectivity index (χ2n) is 12.1. The summed E-state index contributed by atoms with van der Waals surface area (Å²) in [5.74, 6) is -1.57. The molecule has 0 radical (unpaired) electrons. The molecule has 0 aromatic rings. The first-order chi connectivity index (χ1) is 20.7. The zero-order valence-corrected chi connectivity index (χ0v) is 24.6. The number of alkyl halides is 2. The number of nitrogens with one attached hydrogen (secondary N) is 4. The van der Waals surface area contributed by atoms with E-state index in [0.29, 0.717) is 12.8 Å². The van der Waals surface area contributed by atoms with Crippen LogP contribution in [0.2, 0.25) is 0 Å². The summed E-state index contributed by atoms with van der Waals surface area (Å²) in [5, 5.41) is 49.5. The van der Waals surface area contributed by atoms with Crippen molar-refractivity contribution in [2.24, 2.45) is 22.2 Å². The van der Waals surface area contributed by atoms with E-state index in [1.807, 2.05) is 0 Å². The molecule has 254 valence electrons. The number of nitrogens with two attached hydrogens (primary N) is 3. The molecule has 0 aromatic carbocycles. The van der Waals surface area contributed by atoms with Gasteiger partial charge in [-0.2, -0.15) is 0 Å². The number of amidine groups is 1. The fourth-order valence-electron chi connectivity index (χ4n) is 5.97. The van der Waals surface area contributed by atoms with Crippen LogP contribution in [-0.2, 0) is 23.7 Å². The average Bonchev–Trinajstić information content (AvgIpc) is 3.41. The van der Waals surface area contributed by atoms with Crippen molar-refractivity contribution in [3.05, 3.63) is 0 Å². The summed E-state index contributed by atoms with van der Waals surface area (Å²) in [6.07, 6.45) is -10.6. The van der Waals surface area contributed by atoms with Gasteiger partial charge < -0.3 is 67.2 Å². The summed E-state index contributed by atoms with van der Waals surface area (Å²) in [6.45, 7) is 0.952. The normalized spacial score (nSPS) is 43.2. The second kappa shape index (κ2) is 14.4. The van der Waals surface area contributed by atoms with Crippen molar-refractivity contribution in [1.29, 1.82) is 0 Å². The molecule has 1 aliphatic carbocycles. The van der Waals surface area contributed by atoms with Crippen molar-refractivity contribution < 1.29 is 52.9 Å². The number of carbonyl (C=O) groups is 1. The van der Waals surface area contributed by atoms with E-state index in [-0.39, 0.29) is 32.7 Å². The smallest absolute Gasteiger partial charge is 0.294 e. The maximum Gasteiger partial charge on any atom is 0.294 e. The number of aliphatic hydroxyl groups excluding tert-OH is 2. The molecule has 12 atom stereocenters. The third-order valence-electron chi connectivity index (χ3n) is 8.57. The number of halogens is 2. The van der Waals surface area contributed by atoms with Gasteiger partial charge in [-0.25, -0.2) is 8.78 Å². The van der Waals surface area contributed by atoms with Crippen LogP contribution in [0.25, 0.3) is 0 Å². The summed E-state index contributed by atoms with van der Waals surface area (Å²) in [7, 11) is 1.55. The van der Waals surface area contributed by atoms with Gasteiger partial charge in [-0.1, -0.05) is 0 Å². The largest absolute Gasteiger partial charge is 0.388 e. The van der Waals surface area contributed by atoms with E-state index in [4.69, 9.17) is 36.1 Å². The van der Waals surface area contributed by atoms with Crippen LogP contribution in [-0.4, -0.2) is 150 Å². The Kier molecular flexibility index (Phi) is 11.5. The number of carbonyl (C=O) groups excluding carboxylic acids is 1. The van der Waals surface area contributed by atoms with Crippen LogP contribution in [0.1, 0.15) is 26.2 Å². The fraction of sp³-hybridized carbons (Fsp3) is 0.920. The van der Waals surface area contributed by atoms with Crippen LogP contribution < -0.4 is 38.7 Å².